The predicted octanol–water partition coefficient (Wildman–Crippen LogP) is 2.47. The third-order valence-electron chi connectivity index (χ3n) is 3.53. The zero-order valence-corrected chi connectivity index (χ0v) is 11.9. The first-order chi connectivity index (χ1) is 9.69. The summed E-state index contributed by atoms with van der Waals surface area (Å²) in [5.41, 5.74) is 4.22. The van der Waals surface area contributed by atoms with Gasteiger partial charge in [-0.15, -0.1) is 0 Å². The molecule has 0 aromatic carbocycles. The summed E-state index contributed by atoms with van der Waals surface area (Å²) in [4.78, 5) is 19.5. The molecule has 3 aromatic heterocycles. The number of rotatable bonds is 4. The Morgan fingerprint density at radius 3 is 2.80 bits per heavy atom. The maximum absolute atomic E-state index is 4.47. The number of nitrogens with one attached hydrogen (secondary N) is 3. The molecule has 104 valence electrons. The van der Waals surface area contributed by atoms with Crippen molar-refractivity contribution in [3.05, 3.63) is 35.3 Å². The van der Waals surface area contributed by atoms with Crippen molar-refractivity contribution in [2.24, 2.45) is 0 Å². The molecule has 0 unspecified atom stereocenters. The summed E-state index contributed by atoms with van der Waals surface area (Å²) in [6.07, 6.45) is 4.51. The van der Waals surface area contributed by atoms with Crippen LogP contribution in [0.5, 0.6) is 0 Å². The minimum atomic E-state index is 0.620. The topological polar surface area (TPSA) is 82.3 Å². The molecular weight excluding hydrogens is 252 g/mol. The standard InChI is InChI=1S/C14H18N6/c1-4-10-5-15-13-12(10)14(18-7-17-13)16-6-11-19-8(2)9(3)20-11/h5,7H,4,6H2,1-3H3,(H,19,20)(H2,15,16,17,18). The number of hydrogen-bond donors (Lipinski definition) is 3. The van der Waals surface area contributed by atoms with Crippen LogP contribution in [0.2, 0.25) is 0 Å². The van der Waals surface area contributed by atoms with E-state index in [2.05, 4.69) is 37.2 Å². The van der Waals surface area contributed by atoms with Gasteiger partial charge in [-0.3, -0.25) is 0 Å². The molecule has 6 heteroatoms. The monoisotopic (exact) mass is 270 g/mol. The molecule has 0 amide bonds. The smallest absolute Gasteiger partial charge is 0.143 e. The Morgan fingerprint density at radius 2 is 2.10 bits per heavy atom. The second-order valence-corrected chi connectivity index (χ2v) is 4.86. The molecule has 3 heterocycles. The lowest BCUT2D eigenvalue weighted by atomic mass is 10.2. The van der Waals surface area contributed by atoms with Crippen molar-refractivity contribution in [1.82, 2.24) is 24.9 Å². The molecule has 0 saturated carbocycles. The highest BCUT2D eigenvalue weighted by Crippen LogP contribution is 2.23. The fourth-order valence-electron chi connectivity index (χ4n) is 2.31. The molecular formula is C14H18N6. The lowest BCUT2D eigenvalue weighted by molar-refractivity contribution is 0.976. The highest BCUT2D eigenvalue weighted by atomic mass is 15.1. The number of aromatic nitrogens is 5. The normalized spacial score (nSPS) is 11.2. The molecule has 20 heavy (non-hydrogen) atoms. The summed E-state index contributed by atoms with van der Waals surface area (Å²) >= 11 is 0. The Balaban J connectivity index is 1.88. The zero-order chi connectivity index (χ0) is 14.1. The lowest BCUT2D eigenvalue weighted by Crippen LogP contribution is -2.04. The number of H-pyrrole nitrogens is 2. The van der Waals surface area contributed by atoms with Crippen LogP contribution < -0.4 is 5.32 Å². The van der Waals surface area contributed by atoms with Crippen LogP contribution in [0.4, 0.5) is 5.82 Å². The van der Waals surface area contributed by atoms with Crippen LogP contribution in [0, 0.1) is 13.8 Å². The predicted molar refractivity (Wildman–Crippen MR) is 78.7 cm³/mol. The van der Waals surface area contributed by atoms with Gasteiger partial charge in [0, 0.05) is 11.9 Å². The third kappa shape index (κ3) is 2.13. The van der Waals surface area contributed by atoms with E-state index in [9.17, 15) is 0 Å². The minimum Gasteiger partial charge on any atom is -0.362 e. The summed E-state index contributed by atoms with van der Waals surface area (Å²) in [7, 11) is 0. The van der Waals surface area contributed by atoms with Gasteiger partial charge in [-0.25, -0.2) is 15.0 Å². The molecule has 0 aliphatic rings. The van der Waals surface area contributed by atoms with Crippen molar-refractivity contribution in [1.29, 1.82) is 0 Å². The Bertz CT molecular complexity index is 720. The van der Waals surface area contributed by atoms with Crippen LogP contribution in [0.25, 0.3) is 11.0 Å². The molecule has 0 bridgehead atoms. The Kier molecular flexibility index (Phi) is 3.14. The molecule has 3 aromatic rings. The molecule has 0 aliphatic heterocycles. The maximum atomic E-state index is 4.47. The average Bonchev–Trinajstić information content (AvgIpc) is 3.00. The van der Waals surface area contributed by atoms with E-state index in [-0.39, 0.29) is 0 Å². The number of aromatic amines is 2. The van der Waals surface area contributed by atoms with Gasteiger partial charge in [-0.05, 0) is 25.8 Å². The van der Waals surface area contributed by atoms with Gasteiger partial charge >= 0.3 is 0 Å². The molecule has 0 spiro atoms. The Hall–Kier alpha value is -2.37. The first-order valence-electron chi connectivity index (χ1n) is 6.76. The van der Waals surface area contributed by atoms with Gasteiger partial charge in [0.2, 0.25) is 0 Å². The maximum Gasteiger partial charge on any atom is 0.143 e. The van der Waals surface area contributed by atoms with Gasteiger partial charge in [-0.2, -0.15) is 0 Å². The second kappa shape index (κ2) is 4.96. The van der Waals surface area contributed by atoms with Crippen LogP contribution in [-0.4, -0.2) is 24.9 Å². The minimum absolute atomic E-state index is 0.620. The van der Waals surface area contributed by atoms with Crippen molar-refractivity contribution in [3.8, 4) is 0 Å². The van der Waals surface area contributed by atoms with E-state index >= 15 is 0 Å². The van der Waals surface area contributed by atoms with Gasteiger partial charge < -0.3 is 15.3 Å². The van der Waals surface area contributed by atoms with Crippen molar-refractivity contribution in [2.75, 3.05) is 5.32 Å². The third-order valence-corrected chi connectivity index (χ3v) is 3.53. The van der Waals surface area contributed by atoms with Crippen LogP contribution in [-0.2, 0) is 13.0 Å². The summed E-state index contributed by atoms with van der Waals surface area (Å²) < 4.78 is 0. The van der Waals surface area contributed by atoms with Crippen molar-refractivity contribution >= 4 is 16.9 Å². The Morgan fingerprint density at radius 1 is 1.25 bits per heavy atom. The number of imidazole rings is 1. The summed E-state index contributed by atoms with van der Waals surface area (Å²) in [6, 6.07) is 0. The quantitative estimate of drug-likeness (QED) is 0.680. The van der Waals surface area contributed by atoms with E-state index < -0.39 is 0 Å². The number of aryl methyl sites for hydroxylation is 3. The molecule has 0 radical (unpaired) electrons. The van der Waals surface area contributed by atoms with Gasteiger partial charge in [0.15, 0.2) is 0 Å². The summed E-state index contributed by atoms with van der Waals surface area (Å²) in [5, 5.41) is 4.41. The SMILES string of the molecule is CCc1c[nH]c2ncnc(NCc3nc(C)c(C)[nH]3)c12. The van der Waals surface area contributed by atoms with Crippen LogP contribution >= 0.6 is 0 Å². The molecule has 0 aliphatic carbocycles. The molecule has 0 fully saturated rings. The number of hydrogen-bond acceptors (Lipinski definition) is 4. The summed E-state index contributed by atoms with van der Waals surface area (Å²) in [6.45, 7) is 6.77. The fourth-order valence-corrected chi connectivity index (χ4v) is 2.31. The van der Waals surface area contributed by atoms with E-state index in [4.69, 9.17) is 0 Å². The highest BCUT2D eigenvalue weighted by molar-refractivity contribution is 5.90. The van der Waals surface area contributed by atoms with E-state index in [0.29, 0.717) is 6.54 Å². The first kappa shape index (κ1) is 12.7. The Labute approximate surface area is 117 Å². The van der Waals surface area contributed by atoms with E-state index in [1.165, 1.54) is 5.56 Å². The highest BCUT2D eigenvalue weighted by Gasteiger charge is 2.10. The average molecular weight is 270 g/mol. The molecule has 0 atom stereocenters. The molecule has 6 nitrogen and oxygen atoms in total. The van der Waals surface area contributed by atoms with Crippen molar-refractivity contribution < 1.29 is 0 Å². The second-order valence-electron chi connectivity index (χ2n) is 4.86. The number of fused-ring (bicyclic) bond motifs is 1. The largest absolute Gasteiger partial charge is 0.362 e. The molecule has 0 saturated heterocycles. The van der Waals surface area contributed by atoms with Gasteiger partial charge in [0.25, 0.3) is 0 Å². The zero-order valence-electron chi connectivity index (χ0n) is 11.9. The van der Waals surface area contributed by atoms with Crippen molar-refractivity contribution in [2.45, 2.75) is 33.7 Å². The van der Waals surface area contributed by atoms with Crippen LogP contribution in [0.1, 0.15) is 29.7 Å². The number of nitrogens with zero attached hydrogens (tertiary/aromatic N) is 3. The van der Waals surface area contributed by atoms with Gasteiger partial charge in [-0.1, -0.05) is 6.92 Å². The van der Waals surface area contributed by atoms with E-state index in [1.54, 1.807) is 6.33 Å². The summed E-state index contributed by atoms with van der Waals surface area (Å²) in [5.74, 6) is 1.76. The lowest BCUT2D eigenvalue weighted by Gasteiger charge is -2.05. The van der Waals surface area contributed by atoms with Gasteiger partial charge in [0.1, 0.15) is 23.6 Å². The first-order valence-corrected chi connectivity index (χ1v) is 6.76. The molecule has 3 N–H and O–H groups in total. The van der Waals surface area contributed by atoms with E-state index in [0.717, 1.165) is 40.5 Å². The van der Waals surface area contributed by atoms with Crippen molar-refractivity contribution in [3.63, 3.8) is 0 Å². The fraction of sp³-hybridized carbons (Fsp3) is 0.357. The van der Waals surface area contributed by atoms with Crippen LogP contribution in [0.15, 0.2) is 12.5 Å². The van der Waals surface area contributed by atoms with E-state index in [1.807, 2.05) is 20.0 Å². The van der Waals surface area contributed by atoms with Crippen LogP contribution in [0.3, 0.4) is 0 Å². The molecule has 3 rings (SSSR count). The number of anilines is 1. The van der Waals surface area contributed by atoms with Gasteiger partial charge in [0.05, 0.1) is 17.6 Å².